The summed E-state index contributed by atoms with van der Waals surface area (Å²) in [5.74, 6) is 1.10. The van der Waals surface area contributed by atoms with E-state index in [4.69, 9.17) is 0 Å². The number of carbonyl (C=O) groups excluding carboxylic acids is 1. The predicted molar refractivity (Wildman–Crippen MR) is 89.5 cm³/mol. The Morgan fingerprint density at radius 2 is 2.04 bits per heavy atom. The number of amides is 1. The van der Waals surface area contributed by atoms with Crippen LogP contribution in [0, 0.1) is 17.7 Å². The largest absolute Gasteiger partial charge is 0.335 e. The van der Waals surface area contributed by atoms with Crippen molar-refractivity contribution in [3.8, 4) is 0 Å². The van der Waals surface area contributed by atoms with Crippen LogP contribution in [0.2, 0.25) is 0 Å². The summed E-state index contributed by atoms with van der Waals surface area (Å²) in [6.45, 7) is 5.03. The fourth-order valence-electron chi connectivity index (χ4n) is 4.00. The number of rotatable bonds is 4. The van der Waals surface area contributed by atoms with Gasteiger partial charge in [-0.05, 0) is 56.7 Å². The van der Waals surface area contributed by atoms with Gasteiger partial charge >= 0.3 is 0 Å². The number of carbonyl (C=O) groups is 1. The Balaban J connectivity index is 1.64. The van der Waals surface area contributed by atoms with E-state index >= 15 is 0 Å². The Bertz CT molecular complexity index is 542. The molecule has 126 valence electrons. The molecule has 0 unspecified atom stereocenters. The molecule has 23 heavy (non-hydrogen) atoms. The van der Waals surface area contributed by atoms with E-state index in [1.165, 1.54) is 18.9 Å². The lowest BCUT2D eigenvalue weighted by atomic mass is 9.93. The van der Waals surface area contributed by atoms with Crippen molar-refractivity contribution in [1.29, 1.82) is 0 Å². The van der Waals surface area contributed by atoms with Gasteiger partial charge in [0.1, 0.15) is 5.82 Å². The van der Waals surface area contributed by atoms with Crippen molar-refractivity contribution >= 4 is 5.91 Å². The summed E-state index contributed by atoms with van der Waals surface area (Å²) in [7, 11) is 0. The fraction of sp³-hybridized carbons (Fsp3) is 0.632. The van der Waals surface area contributed by atoms with Gasteiger partial charge in [0, 0.05) is 18.5 Å². The molecule has 0 aliphatic carbocycles. The van der Waals surface area contributed by atoms with Gasteiger partial charge < -0.3 is 10.2 Å². The number of hydrogen-bond acceptors (Lipinski definition) is 2. The number of benzene rings is 1. The SMILES string of the molecule is C[C@@H]1C[C@H](c2ccccc2F)N(C(=O)CCC2CCNCC2)C1. The average molecular weight is 318 g/mol. The molecule has 3 nitrogen and oxygen atoms in total. The van der Waals surface area contributed by atoms with Gasteiger partial charge in [0.15, 0.2) is 0 Å². The predicted octanol–water partition coefficient (Wildman–Crippen LogP) is 3.52. The van der Waals surface area contributed by atoms with Crippen LogP contribution >= 0.6 is 0 Å². The van der Waals surface area contributed by atoms with E-state index in [1.807, 2.05) is 17.0 Å². The quantitative estimate of drug-likeness (QED) is 0.921. The first-order valence-corrected chi connectivity index (χ1v) is 8.89. The zero-order chi connectivity index (χ0) is 16.2. The highest BCUT2D eigenvalue weighted by Gasteiger charge is 2.35. The van der Waals surface area contributed by atoms with E-state index in [2.05, 4.69) is 12.2 Å². The molecule has 0 spiro atoms. The summed E-state index contributed by atoms with van der Waals surface area (Å²) in [4.78, 5) is 14.6. The van der Waals surface area contributed by atoms with Crippen LogP contribution < -0.4 is 5.32 Å². The van der Waals surface area contributed by atoms with Crippen molar-refractivity contribution in [3.05, 3.63) is 35.6 Å². The molecular weight excluding hydrogens is 291 g/mol. The van der Waals surface area contributed by atoms with Crippen LogP contribution in [0.3, 0.4) is 0 Å². The summed E-state index contributed by atoms with van der Waals surface area (Å²) in [5, 5.41) is 3.36. The van der Waals surface area contributed by atoms with Crippen LogP contribution in [0.4, 0.5) is 4.39 Å². The van der Waals surface area contributed by atoms with Crippen LogP contribution in [-0.2, 0) is 4.79 Å². The van der Waals surface area contributed by atoms with Crippen LogP contribution in [0.5, 0.6) is 0 Å². The summed E-state index contributed by atoms with van der Waals surface area (Å²) >= 11 is 0. The second kappa shape index (κ2) is 7.43. The van der Waals surface area contributed by atoms with Gasteiger partial charge in [-0.2, -0.15) is 0 Å². The Morgan fingerprint density at radius 1 is 1.30 bits per heavy atom. The Kier molecular flexibility index (Phi) is 5.31. The Morgan fingerprint density at radius 3 is 2.78 bits per heavy atom. The number of halogens is 1. The zero-order valence-electron chi connectivity index (χ0n) is 13.9. The molecule has 0 aromatic heterocycles. The molecule has 2 aliphatic heterocycles. The first-order valence-electron chi connectivity index (χ1n) is 8.89. The second-order valence-electron chi connectivity index (χ2n) is 7.16. The number of likely N-dealkylation sites (tertiary alicyclic amines) is 1. The Hall–Kier alpha value is -1.42. The van der Waals surface area contributed by atoms with Crippen LogP contribution in [0.1, 0.15) is 50.6 Å². The molecule has 2 atom stereocenters. The molecule has 1 aromatic carbocycles. The monoisotopic (exact) mass is 318 g/mol. The molecule has 1 N–H and O–H groups in total. The highest BCUT2D eigenvalue weighted by atomic mass is 19.1. The summed E-state index contributed by atoms with van der Waals surface area (Å²) in [6, 6.07) is 6.80. The maximum absolute atomic E-state index is 14.1. The van der Waals surface area contributed by atoms with E-state index in [0.717, 1.165) is 32.5 Å². The molecule has 1 aromatic rings. The molecule has 2 heterocycles. The topological polar surface area (TPSA) is 32.3 Å². The molecule has 0 saturated carbocycles. The van der Waals surface area contributed by atoms with Gasteiger partial charge in [0.25, 0.3) is 0 Å². The van der Waals surface area contributed by atoms with Crippen molar-refractivity contribution in [3.63, 3.8) is 0 Å². The van der Waals surface area contributed by atoms with Gasteiger partial charge in [-0.15, -0.1) is 0 Å². The first kappa shape index (κ1) is 16.4. The summed E-state index contributed by atoms with van der Waals surface area (Å²) < 4.78 is 14.1. The molecule has 0 bridgehead atoms. The summed E-state index contributed by atoms with van der Waals surface area (Å²) in [6.07, 6.45) is 4.76. The number of nitrogens with one attached hydrogen (secondary N) is 1. The number of nitrogens with zero attached hydrogens (tertiary/aromatic N) is 1. The normalized spacial score (nSPS) is 25.7. The first-order chi connectivity index (χ1) is 11.1. The van der Waals surface area contributed by atoms with Crippen molar-refractivity contribution in [2.24, 2.45) is 11.8 Å². The van der Waals surface area contributed by atoms with Gasteiger partial charge in [-0.1, -0.05) is 25.1 Å². The third kappa shape index (κ3) is 3.92. The van der Waals surface area contributed by atoms with Gasteiger partial charge in [0.05, 0.1) is 6.04 Å². The molecule has 4 heteroatoms. The van der Waals surface area contributed by atoms with E-state index in [9.17, 15) is 9.18 Å². The van der Waals surface area contributed by atoms with E-state index < -0.39 is 0 Å². The van der Waals surface area contributed by atoms with Gasteiger partial charge in [-0.3, -0.25) is 4.79 Å². The van der Waals surface area contributed by atoms with Crippen LogP contribution in [0.15, 0.2) is 24.3 Å². The maximum Gasteiger partial charge on any atom is 0.223 e. The lowest BCUT2D eigenvalue weighted by Crippen LogP contribution is -2.33. The van der Waals surface area contributed by atoms with Crippen molar-refractivity contribution < 1.29 is 9.18 Å². The Labute approximate surface area is 138 Å². The number of piperidine rings is 1. The molecule has 0 radical (unpaired) electrons. The standard InChI is InChI=1S/C19H27FN2O/c1-14-12-18(16-4-2-3-5-17(16)20)22(13-14)19(23)7-6-15-8-10-21-11-9-15/h2-5,14-15,18,21H,6-13H2,1H3/t14-,18-/m1/s1. The van der Waals surface area contributed by atoms with E-state index in [0.29, 0.717) is 23.8 Å². The lowest BCUT2D eigenvalue weighted by molar-refractivity contribution is -0.132. The average Bonchev–Trinajstić information content (AvgIpc) is 2.96. The third-order valence-electron chi connectivity index (χ3n) is 5.32. The van der Waals surface area contributed by atoms with Gasteiger partial charge in [0.2, 0.25) is 5.91 Å². The highest BCUT2D eigenvalue weighted by Crippen LogP contribution is 2.37. The minimum Gasteiger partial charge on any atom is -0.335 e. The molecule has 3 rings (SSSR count). The number of hydrogen-bond donors (Lipinski definition) is 1. The van der Waals surface area contributed by atoms with Crippen molar-refractivity contribution in [1.82, 2.24) is 10.2 Å². The molecule has 2 saturated heterocycles. The lowest BCUT2D eigenvalue weighted by Gasteiger charge is -2.27. The third-order valence-corrected chi connectivity index (χ3v) is 5.32. The highest BCUT2D eigenvalue weighted by molar-refractivity contribution is 5.77. The molecular formula is C19H27FN2O. The van der Waals surface area contributed by atoms with Crippen LogP contribution in [0.25, 0.3) is 0 Å². The minimum atomic E-state index is -0.192. The second-order valence-corrected chi connectivity index (χ2v) is 7.16. The van der Waals surface area contributed by atoms with Crippen molar-refractivity contribution in [2.75, 3.05) is 19.6 Å². The van der Waals surface area contributed by atoms with Crippen LogP contribution in [-0.4, -0.2) is 30.4 Å². The molecule has 1 amide bonds. The fourth-order valence-corrected chi connectivity index (χ4v) is 4.00. The smallest absolute Gasteiger partial charge is 0.223 e. The maximum atomic E-state index is 14.1. The van der Waals surface area contributed by atoms with E-state index in [1.54, 1.807) is 6.07 Å². The molecule has 2 fully saturated rings. The molecule has 2 aliphatic rings. The minimum absolute atomic E-state index is 0.0910. The van der Waals surface area contributed by atoms with E-state index in [-0.39, 0.29) is 17.8 Å². The zero-order valence-corrected chi connectivity index (χ0v) is 13.9. The summed E-state index contributed by atoms with van der Waals surface area (Å²) in [5.41, 5.74) is 0.673. The van der Waals surface area contributed by atoms with Gasteiger partial charge in [-0.25, -0.2) is 4.39 Å². The van der Waals surface area contributed by atoms with Crippen molar-refractivity contribution in [2.45, 2.75) is 45.1 Å².